The van der Waals surface area contributed by atoms with Crippen molar-refractivity contribution in [1.29, 1.82) is 0 Å². The molecule has 8 heteroatoms. The first-order chi connectivity index (χ1) is 17.6. The highest BCUT2D eigenvalue weighted by atomic mass is 19.1. The number of halogens is 1. The van der Waals surface area contributed by atoms with E-state index < -0.39 is 5.82 Å². The van der Waals surface area contributed by atoms with Crippen LogP contribution in [0.25, 0.3) is 0 Å². The van der Waals surface area contributed by atoms with Crippen LogP contribution in [0, 0.1) is 5.82 Å². The summed E-state index contributed by atoms with van der Waals surface area (Å²) in [5.74, 6) is 1.70. The molecule has 1 aromatic heterocycles. The van der Waals surface area contributed by atoms with Gasteiger partial charge in [0.1, 0.15) is 24.0 Å². The Kier molecular flexibility index (Phi) is 7.33. The Labute approximate surface area is 209 Å². The molecule has 0 spiro atoms. The van der Waals surface area contributed by atoms with Gasteiger partial charge in [0.25, 0.3) is 5.91 Å². The van der Waals surface area contributed by atoms with Gasteiger partial charge in [-0.15, -0.1) is 10.2 Å². The van der Waals surface area contributed by atoms with E-state index in [-0.39, 0.29) is 18.0 Å². The molecular weight excluding hydrogens is 457 g/mol. The number of ether oxygens (including phenoxy) is 1. The average molecular weight is 486 g/mol. The van der Waals surface area contributed by atoms with Crippen molar-refractivity contribution in [2.75, 3.05) is 13.1 Å². The van der Waals surface area contributed by atoms with E-state index in [0.29, 0.717) is 12.4 Å². The van der Waals surface area contributed by atoms with Crippen molar-refractivity contribution >= 4 is 5.91 Å². The summed E-state index contributed by atoms with van der Waals surface area (Å²) < 4.78 is 21.4. The Morgan fingerprint density at radius 1 is 0.917 bits per heavy atom. The van der Waals surface area contributed by atoms with E-state index in [9.17, 15) is 9.18 Å². The van der Waals surface area contributed by atoms with Crippen molar-refractivity contribution in [2.24, 2.45) is 0 Å². The minimum atomic E-state index is -0.437. The number of fused-ring (bicyclic) bond motifs is 1. The van der Waals surface area contributed by atoms with Gasteiger partial charge in [0, 0.05) is 38.2 Å². The minimum absolute atomic E-state index is 0.243. The lowest BCUT2D eigenvalue weighted by Gasteiger charge is -2.20. The normalized spacial score (nSPS) is 13.6. The summed E-state index contributed by atoms with van der Waals surface area (Å²) in [6, 6.07) is 24.0. The summed E-state index contributed by atoms with van der Waals surface area (Å²) >= 11 is 0. The standard InChI is InChI=1S/C28H28FN5O2/c29-24-8-4-7-23(17-24)28(35)30-18-27-32-31-26-13-14-33(15-16-34(26)27)19-21-9-11-25(12-10-21)36-20-22-5-2-1-3-6-22/h1-12,17H,13-16,18-20H2,(H,30,35). The molecule has 1 N–H and O–H groups in total. The molecule has 0 saturated carbocycles. The van der Waals surface area contributed by atoms with Crippen LogP contribution in [0.15, 0.2) is 78.9 Å². The third-order valence-electron chi connectivity index (χ3n) is 6.27. The lowest BCUT2D eigenvalue weighted by Crippen LogP contribution is -2.28. The summed E-state index contributed by atoms with van der Waals surface area (Å²) in [7, 11) is 0. The summed E-state index contributed by atoms with van der Waals surface area (Å²) in [6.07, 6.45) is 0.781. The monoisotopic (exact) mass is 485 g/mol. The molecule has 1 aliphatic rings. The SMILES string of the molecule is O=C(NCc1nnc2n1CCN(Cc1ccc(OCc3ccccc3)cc1)CC2)c1cccc(F)c1. The highest BCUT2D eigenvalue weighted by Crippen LogP contribution is 2.17. The third kappa shape index (κ3) is 5.95. The van der Waals surface area contributed by atoms with Crippen molar-refractivity contribution in [2.45, 2.75) is 32.7 Å². The van der Waals surface area contributed by atoms with E-state index in [2.05, 4.69) is 49.2 Å². The van der Waals surface area contributed by atoms with Crippen LogP contribution < -0.4 is 10.1 Å². The molecule has 0 unspecified atom stereocenters. The number of carbonyl (C=O) groups is 1. The van der Waals surface area contributed by atoms with Crippen molar-refractivity contribution in [1.82, 2.24) is 25.0 Å². The second-order valence-corrected chi connectivity index (χ2v) is 8.82. The van der Waals surface area contributed by atoms with Gasteiger partial charge in [0.05, 0.1) is 6.54 Å². The molecule has 1 amide bonds. The van der Waals surface area contributed by atoms with Crippen molar-refractivity contribution < 1.29 is 13.9 Å². The average Bonchev–Trinajstić information content (AvgIpc) is 3.19. The van der Waals surface area contributed by atoms with Gasteiger partial charge < -0.3 is 14.6 Å². The Bertz CT molecular complexity index is 1310. The van der Waals surface area contributed by atoms with Crippen LogP contribution in [-0.2, 0) is 32.7 Å². The predicted octanol–water partition coefficient (Wildman–Crippen LogP) is 3.98. The molecule has 5 rings (SSSR count). The molecular formula is C28H28FN5O2. The molecule has 0 radical (unpaired) electrons. The maximum Gasteiger partial charge on any atom is 0.251 e. The van der Waals surface area contributed by atoms with Gasteiger partial charge >= 0.3 is 0 Å². The van der Waals surface area contributed by atoms with E-state index in [1.807, 2.05) is 30.3 Å². The van der Waals surface area contributed by atoms with Gasteiger partial charge in [-0.1, -0.05) is 48.5 Å². The van der Waals surface area contributed by atoms with Crippen LogP contribution in [-0.4, -0.2) is 38.7 Å². The molecule has 0 aliphatic carbocycles. The summed E-state index contributed by atoms with van der Waals surface area (Å²) in [4.78, 5) is 14.8. The molecule has 0 bridgehead atoms. The highest BCUT2D eigenvalue weighted by Gasteiger charge is 2.19. The number of carbonyl (C=O) groups excluding carboxylic acids is 1. The molecule has 184 valence electrons. The van der Waals surface area contributed by atoms with E-state index in [4.69, 9.17) is 4.74 Å². The van der Waals surface area contributed by atoms with Crippen molar-refractivity contribution in [3.8, 4) is 5.75 Å². The van der Waals surface area contributed by atoms with Gasteiger partial charge in [0.15, 0.2) is 5.82 Å². The minimum Gasteiger partial charge on any atom is -0.489 e. The zero-order valence-corrected chi connectivity index (χ0v) is 19.9. The quantitative estimate of drug-likeness (QED) is 0.409. The van der Waals surface area contributed by atoms with E-state index in [1.165, 1.54) is 23.8 Å². The zero-order chi connectivity index (χ0) is 24.7. The van der Waals surface area contributed by atoms with E-state index >= 15 is 0 Å². The molecule has 0 saturated heterocycles. The largest absolute Gasteiger partial charge is 0.489 e. The Morgan fingerprint density at radius 3 is 2.56 bits per heavy atom. The topological polar surface area (TPSA) is 72.3 Å². The van der Waals surface area contributed by atoms with Crippen LogP contribution in [0.4, 0.5) is 4.39 Å². The smallest absolute Gasteiger partial charge is 0.251 e. The summed E-state index contributed by atoms with van der Waals surface area (Å²) in [5.41, 5.74) is 2.65. The first kappa shape index (κ1) is 23.7. The second-order valence-electron chi connectivity index (χ2n) is 8.82. The molecule has 36 heavy (non-hydrogen) atoms. The molecule has 3 aromatic carbocycles. The molecule has 0 atom stereocenters. The Hall–Kier alpha value is -4.04. The van der Waals surface area contributed by atoms with Gasteiger partial charge in [-0.2, -0.15) is 0 Å². The maximum absolute atomic E-state index is 13.4. The number of rotatable bonds is 8. The van der Waals surface area contributed by atoms with Gasteiger partial charge in [-0.05, 0) is 41.5 Å². The molecule has 0 fully saturated rings. The van der Waals surface area contributed by atoms with Crippen LogP contribution in [0.5, 0.6) is 5.75 Å². The van der Waals surface area contributed by atoms with Crippen LogP contribution in [0.1, 0.15) is 33.1 Å². The Morgan fingerprint density at radius 2 is 1.75 bits per heavy atom. The van der Waals surface area contributed by atoms with Crippen LogP contribution in [0.3, 0.4) is 0 Å². The fourth-order valence-electron chi connectivity index (χ4n) is 4.30. The van der Waals surface area contributed by atoms with Crippen molar-refractivity contribution in [3.05, 3.63) is 113 Å². The number of hydrogen-bond donors (Lipinski definition) is 1. The number of benzene rings is 3. The number of hydrogen-bond acceptors (Lipinski definition) is 5. The third-order valence-corrected chi connectivity index (χ3v) is 6.27. The van der Waals surface area contributed by atoms with E-state index in [0.717, 1.165) is 49.7 Å². The molecule has 4 aromatic rings. The summed E-state index contributed by atoms with van der Waals surface area (Å²) in [6.45, 7) is 4.10. The number of aromatic nitrogens is 3. The first-order valence-electron chi connectivity index (χ1n) is 12.1. The summed E-state index contributed by atoms with van der Waals surface area (Å²) in [5, 5.41) is 11.4. The Balaban J connectivity index is 1.13. The van der Waals surface area contributed by atoms with Gasteiger partial charge in [0.2, 0.25) is 0 Å². The van der Waals surface area contributed by atoms with Crippen LogP contribution in [0.2, 0.25) is 0 Å². The molecule has 2 heterocycles. The fourth-order valence-corrected chi connectivity index (χ4v) is 4.30. The second kappa shape index (κ2) is 11.1. The number of nitrogens with one attached hydrogen (secondary N) is 1. The van der Waals surface area contributed by atoms with Crippen molar-refractivity contribution in [3.63, 3.8) is 0 Å². The van der Waals surface area contributed by atoms with Gasteiger partial charge in [-0.25, -0.2) is 4.39 Å². The van der Waals surface area contributed by atoms with Crippen LogP contribution >= 0.6 is 0 Å². The van der Waals surface area contributed by atoms with E-state index in [1.54, 1.807) is 6.07 Å². The molecule has 7 nitrogen and oxygen atoms in total. The predicted molar refractivity (Wildman–Crippen MR) is 134 cm³/mol. The lowest BCUT2D eigenvalue weighted by molar-refractivity contribution is 0.0949. The fraction of sp³-hybridized carbons (Fsp3) is 0.250. The lowest BCUT2D eigenvalue weighted by atomic mass is 10.2. The number of nitrogens with zero attached hydrogens (tertiary/aromatic N) is 4. The van der Waals surface area contributed by atoms with Gasteiger partial charge in [-0.3, -0.25) is 9.69 Å². The zero-order valence-electron chi connectivity index (χ0n) is 19.9. The molecule has 1 aliphatic heterocycles. The number of amides is 1. The first-order valence-corrected chi connectivity index (χ1v) is 12.1. The maximum atomic E-state index is 13.4. The highest BCUT2D eigenvalue weighted by molar-refractivity contribution is 5.94.